The second kappa shape index (κ2) is 7.17. The number of hydrogen-bond acceptors (Lipinski definition) is 4. The van der Waals surface area contributed by atoms with Gasteiger partial charge in [0.15, 0.2) is 23.3 Å². The molecule has 13 heteroatoms. The summed E-state index contributed by atoms with van der Waals surface area (Å²) < 4.78 is 104. The fourth-order valence-corrected chi connectivity index (χ4v) is 1.86. The van der Waals surface area contributed by atoms with Gasteiger partial charge >= 0.3 is 6.18 Å². The molecular weight excluding hydrogens is 394 g/mol. The zero-order valence-electron chi connectivity index (χ0n) is 12.5. The Labute approximate surface area is 144 Å². The lowest BCUT2D eigenvalue weighted by Gasteiger charge is -2.08. The van der Waals surface area contributed by atoms with E-state index in [1.165, 1.54) is 0 Å². The molecule has 2 aromatic carbocycles. The average Bonchev–Trinajstić information content (AvgIpc) is 2.60. The number of alkyl halides is 3. The van der Waals surface area contributed by atoms with Crippen molar-refractivity contribution in [2.75, 3.05) is 5.43 Å². The Morgan fingerprint density at radius 1 is 0.963 bits per heavy atom. The van der Waals surface area contributed by atoms with Crippen molar-refractivity contribution in [3.63, 3.8) is 0 Å². The number of nitrogens with one attached hydrogen (secondary N) is 1. The van der Waals surface area contributed by atoms with Gasteiger partial charge in [-0.1, -0.05) is 0 Å². The molecule has 27 heavy (non-hydrogen) atoms. The fraction of sp³-hybridized carbons (Fsp3) is 0.0714. The Hall–Kier alpha value is -3.25. The second-order valence-corrected chi connectivity index (χ2v) is 4.84. The summed E-state index contributed by atoms with van der Waals surface area (Å²) in [6.45, 7) is 0. The van der Waals surface area contributed by atoms with Crippen LogP contribution in [-0.2, 0) is 6.18 Å². The molecule has 5 nitrogen and oxygen atoms in total. The van der Waals surface area contributed by atoms with Gasteiger partial charge < -0.3 is 0 Å². The molecule has 0 aliphatic rings. The first-order valence-corrected chi connectivity index (χ1v) is 6.61. The van der Waals surface area contributed by atoms with Gasteiger partial charge in [-0.3, -0.25) is 15.5 Å². The van der Waals surface area contributed by atoms with Crippen LogP contribution in [0.5, 0.6) is 0 Å². The summed E-state index contributed by atoms with van der Waals surface area (Å²) in [7, 11) is 0. The van der Waals surface area contributed by atoms with E-state index in [1.54, 1.807) is 0 Å². The molecule has 144 valence electrons. The molecule has 0 bridgehead atoms. The monoisotopic (exact) mass is 399 g/mol. The number of halogens is 8. The molecule has 0 unspecified atom stereocenters. The van der Waals surface area contributed by atoms with Gasteiger partial charge in [-0.2, -0.15) is 18.3 Å². The maximum absolute atomic E-state index is 13.4. The SMILES string of the molecule is O=[N+]([O-])c1cc(C(F)(F)F)ccc1NN=Cc1c(F)c(F)c(F)c(F)c1F. The van der Waals surface area contributed by atoms with Crippen molar-refractivity contribution in [2.45, 2.75) is 6.18 Å². The van der Waals surface area contributed by atoms with Gasteiger partial charge in [0.25, 0.3) is 5.69 Å². The number of nitro groups is 1. The summed E-state index contributed by atoms with van der Waals surface area (Å²) in [5.41, 5.74) is -2.68. The number of hydrazone groups is 1. The molecule has 0 radical (unpaired) electrons. The van der Waals surface area contributed by atoms with Crippen LogP contribution in [0.4, 0.5) is 46.5 Å². The third-order valence-corrected chi connectivity index (χ3v) is 3.14. The van der Waals surface area contributed by atoms with Crippen LogP contribution in [0.1, 0.15) is 11.1 Å². The minimum atomic E-state index is -4.87. The molecule has 0 saturated heterocycles. The van der Waals surface area contributed by atoms with E-state index in [9.17, 15) is 45.2 Å². The molecule has 0 spiro atoms. The number of nitro benzene ring substituents is 1. The van der Waals surface area contributed by atoms with E-state index < -0.39 is 62.7 Å². The van der Waals surface area contributed by atoms with Gasteiger partial charge in [-0.15, -0.1) is 0 Å². The number of nitrogens with zero attached hydrogens (tertiary/aromatic N) is 2. The van der Waals surface area contributed by atoms with Crippen molar-refractivity contribution >= 4 is 17.6 Å². The largest absolute Gasteiger partial charge is 0.416 e. The lowest BCUT2D eigenvalue weighted by molar-refractivity contribution is -0.384. The highest BCUT2D eigenvalue weighted by Crippen LogP contribution is 2.35. The Balaban J connectivity index is 2.39. The first-order chi connectivity index (χ1) is 12.4. The van der Waals surface area contributed by atoms with Crippen molar-refractivity contribution in [3.05, 3.63) is 68.5 Å². The summed E-state index contributed by atoms with van der Waals surface area (Å²) in [5, 5.41) is 13.9. The first-order valence-electron chi connectivity index (χ1n) is 6.61. The number of anilines is 1. The van der Waals surface area contributed by atoms with Crippen LogP contribution >= 0.6 is 0 Å². The predicted molar refractivity (Wildman–Crippen MR) is 75.5 cm³/mol. The van der Waals surface area contributed by atoms with Crippen LogP contribution in [-0.4, -0.2) is 11.1 Å². The van der Waals surface area contributed by atoms with Crippen molar-refractivity contribution in [1.82, 2.24) is 0 Å². The standard InChI is InChI=1S/C14H5F8N3O2/c15-9-6(10(16)12(18)13(19)11(9)17)4-23-24-7-2-1-5(14(20,21)22)3-8(7)25(26)27/h1-4,24H. The van der Waals surface area contributed by atoms with E-state index in [0.29, 0.717) is 12.1 Å². The van der Waals surface area contributed by atoms with Crippen molar-refractivity contribution < 1.29 is 40.0 Å². The predicted octanol–water partition coefficient (Wildman–Crippen LogP) is 4.76. The number of hydrogen-bond donors (Lipinski definition) is 1. The molecule has 2 rings (SSSR count). The van der Waals surface area contributed by atoms with Gasteiger partial charge in [-0.05, 0) is 12.1 Å². The highest BCUT2D eigenvalue weighted by atomic mass is 19.4. The molecule has 0 aromatic heterocycles. The van der Waals surface area contributed by atoms with Crippen molar-refractivity contribution in [2.24, 2.45) is 5.10 Å². The number of rotatable bonds is 4. The molecule has 0 atom stereocenters. The van der Waals surface area contributed by atoms with E-state index in [2.05, 4.69) is 5.10 Å². The zero-order chi connectivity index (χ0) is 20.5. The van der Waals surface area contributed by atoms with Crippen LogP contribution < -0.4 is 5.43 Å². The van der Waals surface area contributed by atoms with Gasteiger partial charge in [0.05, 0.1) is 22.3 Å². The molecule has 0 fully saturated rings. The maximum atomic E-state index is 13.4. The van der Waals surface area contributed by atoms with Crippen molar-refractivity contribution in [3.8, 4) is 0 Å². The minimum Gasteiger partial charge on any atom is -0.272 e. The van der Waals surface area contributed by atoms with Gasteiger partial charge in [0.1, 0.15) is 5.69 Å². The van der Waals surface area contributed by atoms with E-state index in [0.717, 1.165) is 0 Å². The van der Waals surface area contributed by atoms with Gasteiger partial charge in [0, 0.05) is 6.07 Å². The molecule has 2 aromatic rings. The molecule has 0 heterocycles. The Morgan fingerprint density at radius 3 is 1.96 bits per heavy atom. The van der Waals surface area contributed by atoms with E-state index >= 15 is 0 Å². The van der Waals surface area contributed by atoms with Crippen LogP contribution in [0.25, 0.3) is 0 Å². The molecule has 0 amide bonds. The summed E-state index contributed by atoms with van der Waals surface area (Å²) in [5.74, 6) is -11.3. The number of benzene rings is 2. The quantitative estimate of drug-likeness (QED) is 0.201. The molecular formula is C14H5F8N3O2. The molecule has 0 aliphatic heterocycles. The Morgan fingerprint density at radius 2 is 1.48 bits per heavy atom. The molecule has 0 aliphatic carbocycles. The first kappa shape index (κ1) is 20.1. The average molecular weight is 399 g/mol. The van der Waals surface area contributed by atoms with Gasteiger partial charge in [0.2, 0.25) is 5.82 Å². The summed E-state index contributed by atoms with van der Waals surface area (Å²) in [4.78, 5) is 9.67. The molecule has 0 saturated carbocycles. The highest BCUT2D eigenvalue weighted by Gasteiger charge is 2.33. The zero-order valence-corrected chi connectivity index (χ0v) is 12.5. The third-order valence-electron chi connectivity index (χ3n) is 3.14. The normalized spacial score (nSPS) is 11.9. The maximum Gasteiger partial charge on any atom is 0.416 e. The van der Waals surface area contributed by atoms with Crippen molar-refractivity contribution in [1.29, 1.82) is 0 Å². The smallest absolute Gasteiger partial charge is 0.272 e. The van der Waals surface area contributed by atoms with Crippen LogP contribution in [0, 0.1) is 39.2 Å². The summed E-state index contributed by atoms with van der Waals surface area (Å²) >= 11 is 0. The third kappa shape index (κ3) is 3.96. The van der Waals surface area contributed by atoms with Crippen LogP contribution in [0.3, 0.4) is 0 Å². The topological polar surface area (TPSA) is 67.5 Å². The lowest BCUT2D eigenvalue weighted by atomic mass is 10.1. The van der Waals surface area contributed by atoms with Crippen LogP contribution in [0.2, 0.25) is 0 Å². The Bertz CT molecular complexity index is 914. The lowest BCUT2D eigenvalue weighted by Crippen LogP contribution is -2.08. The molecule has 1 N–H and O–H groups in total. The highest BCUT2D eigenvalue weighted by molar-refractivity contribution is 5.81. The van der Waals surface area contributed by atoms with E-state index in [1.807, 2.05) is 5.43 Å². The summed E-state index contributed by atoms with van der Waals surface area (Å²) in [6.07, 6.45) is -4.74. The van der Waals surface area contributed by atoms with Crippen LogP contribution in [0.15, 0.2) is 23.3 Å². The Kier molecular flexibility index (Phi) is 5.33. The second-order valence-electron chi connectivity index (χ2n) is 4.84. The minimum absolute atomic E-state index is 0.137. The van der Waals surface area contributed by atoms with E-state index in [-0.39, 0.29) is 12.3 Å². The van der Waals surface area contributed by atoms with E-state index in [4.69, 9.17) is 0 Å². The fourth-order valence-electron chi connectivity index (χ4n) is 1.86. The van der Waals surface area contributed by atoms with Gasteiger partial charge in [-0.25, -0.2) is 22.0 Å². The summed E-state index contributed by atoms with van der Waals surface area (Å²) in [6, 6.07) is 1.25.